The number of ketones is 1. The minimum atomic E-state index is -0.489. The van der Waals surface area contributed by atoms with Gasteiger partial charge in [0.05, 0.1) is 5.56 Å². The molecule has 0 spiro atoms. The number of benzene rings is 2. The van der Waals surface area contributed by atoms with Crippen molar-refractivity contribution < 1.29 is 9.18 Å². The van der Waals surface area contributed by atoms with Crippen molar-refractivity contribution in [1.29, 1.82) is 0 Å². The first-order chi connectivity index (χ1) is 8.11. The Morgan fingerprint density at radius 1 is 1.06 bits per heavy atom. The molecule has 0 amide bonds. The molecule has 0 saturated heterocycles. The summed E-state index contributed by atoms with van der Waals surface area (Å²) >= 11 is 3.36. The molecule has 0 N–H and O–H groups in total. The van der Waals surface area contributed by atoms with Crippen LogP contribution < -0.4 is 0 Å². The Bertz CT molecular complexity index is 578. The molecule has 0 aliphatic rings. The predicted molar refractivity (Wildman–Crippen MR) is 68.7 cm³/mol. The molecule has 0 bridgehead atoms. The number of carbonyl (C=O) groups is 1. The van der Waals surface area contributed by atoms with Gasteiger partial charge in [0.1, 0.15) is 5.82 Å². The molecule has 0 aromatic heterocycles. The van der Waals surface area contributed by atoms with E-state index in [4.69, 9.17) is 0 Å². The maximum Gasteiger partial charge on any atom is 0.196 e. The lowest BCUT2D eigenvalue weighted by Gasteiger charge is -2.07. The van der Waals surface area contributed by atoms with Gasteiger partial charge in [0.25, 0.3) is 0 Å². The lowest BCUT2D eigenvalue weighted by molar-refractivity contribution is 0.103. The molecular formula is C14H10BrFO. The number of halogens is 2. The van der Waals surface area contributed by atoms with Crippen LogP contribution in [0, 0.1) is 12.7 Å². The van der Waals surface area contributed by atoms with E-state index in [0.717, 1.165) is 10.0 Å². The highest BCUT2D eigenvalue weighted by molar-refractivity contribution is 9.10. The summed E-state index contributed by atoms with van der Waals surface area (Å²) in [6.07, 6.45) is 0. The van der Waals surface area contributed by atoms with Gasteiger partial charge in [-0.2, -0.15) is 0 Å². The van der Waals surface area contributed by atoms with Crippen LogP contribution in [0.5, 0.6) is 0 Å². The van der Waals surface area contributed by atoms with Crippen molar-refractivity contribution in [1.82, 2.24) is 0 Å². The fraction of sp³-hybridized carbons (Fsp3) is 0.0714. The summed E-state index contributed by atoms with van der Waals surface area (Å²) in [6.45, 7) is 1.83. The molecule has 0 unspecified atom stereocenters. The quantitative estimate of drug-likeness (QED) is 0.761. The van der Waals surface area contributed by atoms with Crippen LogP contribution in [-0.4, -0.2) is 5.78 Å². The molecule has 0 aliphatic heterocycles. The van der Waals surface area contributed by atoms with E-state index in [-0.39, 0.29) is 11.3 Å². The number of carbonyl (C=O) groups excluding carboxylic acids is 1. The molecule has 86 valence electrons. The minimum absolute atomic E-state index is 0.105. The molecule has 0 saturated carbocycles. The fourth-order valence-electron chi connectivity index (χ4n) is 1.64. The normalized spacial score (nSPS) is 10.3. The molecule has 2 aromatic carbocycles. The zero-order valence-corrected chi connectivity index (χ0v) is 10.8. The fourth-order valence-corrected chi connectivity index (χ4v) is 2.01. The Balaban J connectivity index is 2.52. The van der Waals surface area contributed by atoms with Crippen LogP contribution in [0.4, 0.5) is 4.39 Å². The highest BCUT2D eigenvalue weighted by Gasteiger charge is 2.16. The first-order valence-electron chi connectivity index (χ1n) is 5.15. The van der Waals surface area contributed by atoms with Gasteiger partial charge in [-0.3, -0.25) is 4.79 Å². The van der Waals surface area contributed by atoms with Crippen molar-refractivity contribution in [3.05, 3.63) is 69.4 Å². The zero-order chi connectivity index (χ0) is 12.4. The summed E-state index contributed by atoms with van der Waals surface area (Å²) in [7, 11) is 0. The Labute approximate surface area is 107 Å². The molecule has 0 heterocycles. The largest absolute Gasteiger partial charge is 0.288 e. The Morgan fingerprint density at radius 2 is 1.71 bits per heavy atom. The third-order valence-electron chi connectivity index (χ3n) is 2.63. The Hall–Kier alpha value is -1.48. The molecular weight excluding hydrogens is 283 g/mol. The minimum Gasteiger partial charge on any atom is -0.288 e. The average Bonchev–Trinajstić information content (AvgIpc) is 2.32. The van der Waals surface area contributed by atoms with Crippen LogP contribution in [0.2, 0.25) is 0 Å². The van der Waals surface area contributed by atoms with Gasteiger partial charge in [-0.1, -0.05) is 40.2 Å². The lowest BCUT2D eigenvalue weighted by atomic mass is 9.99. The first kappa shape index (κ1) is 12.0. The van der Waals surface area contributed by atoms with Crippen molar-refractivity contribution in [2.24, 2.45) is 0 Å². The second kappa shape index (κ2) is 4.80. The molecule has 0 fully saturated rings. The van der Waals surface area contributed by atoms with E-state index in [0.29, 0.717) is 5.56 Å². The van der Waals surface area contributed by atoms with Crippen LogP contribution in [0.15, 0.2) is 46.9 Å². The van der Waals surface area contributed by atoms with Crippen LogP contribution in [0.3, 0.4) is 0 Å². The number of hydrogen-bond donors (Lipinski definition) is 0. The third kappa shape index (κ3) is 2.29. The van der Waals surface area contributed by atoms with E-state index in [2.05, 4.69) is 15.9 Å². The van der Waals surface area contributed by atoms with E-state index >= 15 is 0 Å². The van der Waals surface area contributed by atoms with Crippen molar-refractivity contribution in [3.8, 4) is 0 Å². The molecule has 17 heavy (non-hydrogen) atoms. The van der Waals surface area contributed by atoms with Crippen LogP contribution in [-0.2, 0) is 0 Å². The van der Waals surface area contributed by atoms with Gasteiger partial charge < -0.3 is 0 Å². The van der Waals surface area contributed by atoms with Crippen molar-refractivity contribution in [2.75, 3.05) is 0 Å². The monoisotopic (exact) mass is 292 g/mol. The molecule has 0 aliphatic carbocycles. The second-order valence-corrected chi connectivity index (χ2v) is 4.58. The van der Waals surface area contributed by atoms with Crippen LogP contribution in [0.25, 0.3) is 0 Å². The van der Waals surface area contributed by atoms with Gasteiger partial charge in [-0.05, 0) is 30.7 Å². The van der Waals surface area contributed by atoms with E-state index < -0.39 is 5.82 Å². The molecule has 2 rings (SSSR count). The Kier molecular flexibility index (Phi) is 3.38. The van der Waals surface area contributed by atoms with E-state index in [1.807, 2.05) is 13.0 Å². The average molecular weight is 293 g/mol. The summed E-state index contributed by atoms with van der Waals surface area (Å²) in [6, 6.07) is 11.3. The van der Waals surface area contributed by atoms with Gasteiger partial charge >= 0.3 is 0 Å². The predicted octanol–water partition coefficient (Wildman–Crippen LogP) is 4.13. The summed E-state index contributed by atoms with van der Waals surface area (Å²) < 4.78 is 14.4. The zero-order valence-electron chi connectivity index (χ0n) is 9.21. The standard InChI is InChI=1S/C14H10BrFO/c1-9-10(6-4-7-12(9)15)14(17)11-5-2-3-8-13(11)16/h2-8H,1H3. The lowest BCUT2D eigenvalue weighted by Crippen LogP contribution is -2.06. The van der Waals surface area contributed by atoms with Gasteiger partial charge in [0.2, 0.25) is 0 Å². The van der Waals surface area contributed by atoms with Crippen molar-refractivity contribution >= 4 is 21.7 Å². The number of hydrogen-bond acceptors (Lipinski definition) is 1. The summed E-state index contributed by atoms with van der Waals surface area (Å²) in [5, 5.41) is 0. The van der Waals surface area contributed by atoms with Gasteiger partial charge in [0.15, 0.2) is 5.78 Å². The molecule has 2 aromatic rings. The third-order valence-corrected chi connectivity index (χ3v) is 3.49. The molecule has 0 radical (unpaired) electrons. The SMILES string of the molecule is Cc1c(Br)cccc1C(=O)c1ccccc1F. The van der Waals surface area contributed by atoms with E-state index in [9.17, 15) is 9.18 Å². The maximum atomic E-state index is 13.5. The van der Waals surface area contributed by atoms with Crippen LogP contribution in [0.1, 0.15) is 21.5 Å². The van der Waals surface area contributed by atoms with E-state index in [1.165, 1.54) is 12.1 Å². The summed E-state index contributed by atoms with van der Waals surface area (Å²) in [5.41, 5.74) is 1.44. The molecule has 3 heteroatoms. The smallest absolute Gasteiger partial charge is 0.196 e. The number of rotatable bonds is 2. The van der Waals surface area contributed by atoms with Crippen molar-refractivity contribution in [2.45, 2.75) is 6.92 Å². The summed E-state index contributed by atoms with van der Waals surface area (Å²) in [5.74, 6) is -0.779. The second-order valence-electron chi connectivity index (χ2n) is 3.72. The van der Waals surface area contributed by atoms with Gasteiger partial charge in [0, 0.05) is 10.0 Å². The highest BCUT2D eigenvalue weighted by Crippen LogP contribution is 2.22. The van der Waals surface area contributed by atoms with Crippen molar-refractivity contribution in [3.63, 3.8) is 0 Å². The maximum absolute atomic E-state index is 13.5. The topological polar surface area (TPSA) is 17.1 Å². The Morgan fingerprint density at radius 3 is 2.41 bits per heavy atom. The van der Waals surface area contributed by atoms with Crippen LogP contribution >= 0.6 is 15.9 Å². The first-order valence-corrected chi connectivity index (χ1v) is 5.95. The molecule has 1 nitrogen and oxygen atoms in total. The van der Waals surface area contributed by atoms with Gasteiger partial charge in [-0.15, -0.1) is 0 Å². The summed E-state index contributed by atoms with van der Waals surface area (Å²) in [4.78, 5) is 12.2. The highest BCUT2D eigenvalue weighted by atomic mass is 79.9. The van der Waals surface area contributed by atoms with Gasteiger partial charge in [-0.25, -0.2) is 4.39 Å². The molecule has 0 atom stereocenters. The van der Waals surface area contributed by atoms with E-state index in [1.54, 1.807) is 24.3 Å².